The normalized spacial score (nSPS) is 11.9. The number of sulfonamides is 1. The van der Waals surface area contributed by atoms with Crippen LogP contribution in [0.3, 0.4) is 0 Å². The van der Waals surface area contributed by atoms with E-state index in [0.29, 0.717) is 17.9 Å². The standard InChI is InChI=1S/C12H18N4O3S/c1-9-12(7-11(8-13)19-9)20(17,18)14-5-3-10-4-6-16(2)15-10/h4,6-7,14H,3,5,8,13H2,1-2H3. The van der Waals surface area contributed by atoms with E-state index in [1.54, 1.807) is 11.6 Å². The molecule has 0 fully saturated rings. The lowest BCUT2D eigenvalue weighted by Crippen LogP contribution is -2.26. The van der Waals surface area contributed by atoms with Crippen LogP contribution >= 0.6 is 0 Å². The first-order valence-corrected chi connectivity index (χ1v) is 7.68. The molecule has 0 spiro atoms. The Morgan fingerprint density at radius 2 is 2.25 bits per heavy atom. The second-order valence-corrected chi connectivity index (χ2v) is 6.20. The molecule has 0 aliphatic carbocycles. The Bertz CT molecular complexity index is 687. The third kappa shape index (κ3) is 3.27. The number of aryl methyl sites for hydroxylation is 2. The van der Waals surface area contributed by atoms with Gasteiger partial charge in [-0.3, -0.25) is 4.68 Å². The molecule has 0 aliphatic rings. The van der Waals surface area contributed by atoms with Gasteiger partial charge in [-0.15, -0.1) is 0 Å². The number of nitrogens with one attached hydrogen (secondary N) is 1. The minimum Gasteiger partial charge on any atom is -0.464 e. The van der Waals surface area contributed by atoms with Gasteiger partial charge in [-0.25, -0.2) is 13.1 Å². The summed E-state index contributed by atoms with van der Waals surface area (Å²) in [6.45, 7) is 2.05. The van der Waals surface area contributed by atoms with Gasteiger partial charge in [0, 0.05) is 32.3 Å². The second kappa shape index (κ2) is 5.78. The highest BCUT2D eigenvalue weighted by molar-refractivity contribution is 7.89. The summed E-state index contributed by atoms with van der Waals surface area (Å²) in [7, 11) is -1.76. The van der Waals surface area contributed by atoms with Crippen molar-refractivity contribution in [3.63, 3.8) is 0 Å². The fraction of sp³-hybridized carbons (Fsp3) is 0.417. The molecule has 110 valence electrons. The van der Waals surface area contributed by atoms with Crippen molar-refractivity contribution in [2.75, 3.05) is 6.54 Å². The van der Waals surface area contributed by atoms with Crippen LogP contribution in [0.4, 0.5) is 0 Å². The van der Waals surface area contributed by atoms with E-state index < -0.39 is 10.0 Å². The van der Waals surface area contributed by atoms with Crippen molar-refractivity contribution in [1.29, 1.82) is 0 Å². The lowest BCUT2D eigenvalue weighted by atomic mass is 10.3. The highest BCUT2D eigenvalue weighted by Crippen LogP contribution is 2.19. The molecule has 0 bridgehead atoms. The van der Waals surface area contributed by atoms with Crippen molar-refractivity contribution in [1.82, 2.24) is 14.5 Å². The SMILES string of the molecule is Cc1oc(CN)cc1S(=O)(=O)NCCc1ccn(C)n1. The molecule has 0 atom stereocenters. The topological polar surface area (TPSA) is 103 Å². The van der Waals surface area contributed by atoms with Crippen molar-refractivity contribution in [3.05, 3.63) is 35.5 Å². The predicted molar refractivity (Wildman–Crippen MR) is 73.4 cm³/mol. The molecule has 2 aromatic heterocycles. The lowest BCUT2D eigenvalue weighted by molar-refractivity contribution is 0.478. The molecule has 2 heterocycles. The number of nitrogens with zero attached hydrogens (tertiary/aromatic N) is 2. The summed E-state index contributed by atoms with van der Waals surface area (Å²) in [5.41, 5.74) is 6.27. The van der Waals surface area contributed by atoms with Crippen LogP contribution in [0.1, 0.15) is 17.2 Å². The van der Waals surface area contributed by atoms with E-state index in [4.69, 9.17) is 10.2 Å². The van der Waals surface area contributed by atoms with Crippen LogP contribution in [0.15, 0.2) is 27.6 Å². The maximum atomic E-state index is 12.1. The maximum Gasteiger partial charge on any atom is 0.244 e. The second-order valence-electron chi connectivity index (χ2n) is 4.47. The van der Waals surface area contributed by atoms with Gasteiger partial charge in [0.15, 0.2) is 0 Å². The van der Waals surface area contributed by atoms with Crippen molar-refractivity contribution >= 4 is 10.0 Å². The fourth-order valence-corrected chi connectivity index (χ4v) is 3.11. The molecule has 7 nitrogen and oxygen atoms in total. The first-order valence-electron chi connectivity index (χ1n) is 6.20. The van der Waals surface area contributed by atoms with Crippen molar-refractivity contribution in [2.24, 2.45) is 12.8 Å². The summed E-state index contributed by atoms with van der Waals surface area (Å²) in [6, 6.07) is 3.31. The maximum absolute atomic E-state index is 12.1. The molecule has 0 aromatic carbocycles. The Labute approximate surface area is 117 Å². The van der Waals surface area contributed by atoms with Gasteiger partial charge in [0.25, 0.3) is 0 Å². The Morgan fingerprint density at radius 1 is 1.50 bits per heavy atom. The van der Waals surface area contributed by atoms with Gasteiger partial charge < -0.3 is 10.2 Å². The highest BCUT2D eigenvalue weighted by atomic mass is 32.2. The molecule has 0 saturated carbocycles. The molecule has 2 aromatic rings. The van der Waals surface area contributed by atoms with Gasteiger partial charge in [0.2, 0.25) is 10.0 Å². The predicted octanol–water partition coefficient (Wildman–Crippen LogP) is 0.301. The van der Waals surface area contributed by atoms with E-state index in [0.717, 1.165) is 5.69 Å². The highest BCUT2D eigenvalue weighted by Gasteiger charge is 2.20. The Morgan fingerprint density at radius 3 is 2.80 bits per heavy atom. The average Bonchev–Trinajstić information content (AvgIpc) is 2.95. The number of hydrogen-bond donors (Lipinski definition) is 2. The number of nitrogens with two attached hydrogens (primary N) is 1. The third-order valence-corrected chi connectivity index (χ3v) is 4.42. The lowest BCUT2D eigenvalue weighted by Gasteiger charge is -2.04. The molecule has 0 radical (unpaired) electrons. The van der Waals surface area contributed by atoms with Gasteiger partial charge in [-0.1, -0.05) is 0 Å². The third-order valence-electron chi connectivity index (χ3n) is 2.86. The molecule has 0 amide bonds. The van der Waals surface area contributed by atoms with Gasteiger partial charge in [0.1, 0.15) is 16.4 Å². The average molecular weight is 298 g/mol. The van der Waals surface area contributed by atoms with Gasteiger partial charge in [-0.2, -0.15) is 5.10 Å². The van der Waals surface area contributed by atoms with Crippen molar-refractivity contribution in [3.8, 4) is 0 Å². The molecule has 2 rings (SSSR count). The van der Waals surface area contributed by atoms with Crippen LogP contribution in [-0.4, -0.2) is 24.7 Å². The van der Waals surface area contributed by atoms with E-state index in [-0.39, 0.29) is 18.0 Å². The molecular formula is C12H18N4O3S. The molecule has 20 heavy (non-hydrogen) atoms. The van der Waals surface area contributed by atoms with Crippen LogP contribution in [-0.2, 0) is 30.0 Å². The molecule has 0 saturated heterocycles. The largest absolute Gasteiger partial charge is 0.464 e. The summed E-state index contributed by atoms with van der Waals surface area (Å²) in [5.74, 6) is 0.795. The number of furan rings is 1. The van der Waals surface area contributed by atoms with Gasteiger partial charge in [0.05, 0.1) is 12.2 Å². The summed E-state index contributed by atoms with van der Waals surface area (Å²) >= 11 is 0. The Kier molecular flexibility index (Phi) is 4.26. The van der Waals surface area contributed by atoms with Crippen LogP contribution < -0.4 is 10.5 Å². The van der Waals surface area contributed by atoms with Crippen molar-refractivity contribution in [2.45, 2.75) is 24.8 Å². The first kappa shape index (κ1) is 14.8. The van der Waals surface area contributed by atoms with E-state index in [9.17, 15) is 8.42 Å². The summed E-state index contributed by atoms with van der Waals surface area (Å²) in [5, 5.41) is 4.18. The molecule has 0 unspecified atom stereocenters. The van der Waals surface area contributed by atoms with Crippen LogP contribution in [0.2, 0.25) is 0 Å². The smallest absolute Gasteiger partial charge is 0.244 e. The number of aromatic nitrogens is 2. The van der Waals surface area contributed by atoms with Crippen LogP contribution in [0, 0.1) is 6.92 Å². The summed E-state index contributed by atoms with van der Waals surface area (Å²) in [4.78, 5) is 0.138. The fourth-order valence-electron chi connectivity index (χ4n) is 1.88. The first-order chi connectivity index (χ1) is 9.42. The monoisotopic (exact) mass is 298 g/mol. The van der Waals surface area contributed by atoms with E-state index >= 15 is 0 Å². The molecule has 8 heteroatoms. The zero-order valence-electron chi connectivity index (χ0n) is 11.5. The number of rotatable bonds is 6. The minimum atomic E-state index is -3.58. The molecule has 3 N–H and O–H groups in total. The van der Waals surface area contributed by atoms with E-state index in [1.807, 2.05) is 19.3 Å². The van der Waals surface area contributed by atoms with Gasteiger partial charge in [-0.05, 0) is 13.0 Å². The van der Waals surface area contributed by atoms with E-state index in [1.165, 1.54) is 6.07 Å². The Balaban J connectivity index is 2.01. The van der Waals surface area contributed by atoms with Gasteiger partial charge >= 0.3 is 0 Å². The van der Waals surface area contributed by atoms with E-state index in [2.05, 4.69) is 9.82 Å². The van der Waals surface area contributed by atoms with Crippen LogP contribution in [0.5, 0.6) is 0 Å². The Hall–Kier alpha value is -1.64. The van der Waals surface area contributed by atoms with Crippen molar-refractivity contribution < 1.29 is 12.8 Å². The van der Waals surface area contributed by atoms with Crippen LogP contribution in [0.25, 0.3) is 0 Å². The molecular weight excluding hydrogens is 280 g/mol. The summed E-state index contributed by atoms with van der Waals surface area (Å²) < 4.78 is 33.8. The zero-order chi connectivity index (χ0) is 14.8. The number of hydrogen-bond acceptors (Lipinski definition) is 5. The minimum absolute atomic E-state index is 0.138. The summed E-state index contributed by atoms with van der Waals surface area (Å²) in [6.07, 6.45) is 2.35. The quantitative estimate of drug-likeness (QED) is 0.798. The molecule has 0 aliphatic heterocycles. The zero-order valence-corrected chi connectivity index (χ0v) is 12.3.